The molecule has 0 radical (unpaired) electrons. The zero-order valence-corrected chi connectivity index (χ0v) is 7.14. The van der Waals surface area contributed by atoms with Crippen LogP contribution in [0.1, 0.15) is 19.7 Å². The van der Waals surface area contributed by atoms with E-state index in [2.05, 4.69) is 26.1 Å². The van der Waals surface area contributed by atoms with E-state index in [4.69, 9.17) is 4.42 Å². The largest absolute Gasteiger partial charge is 0.412 e. The third kappa shape index (κ3) is 1.53. The molecule has 1 rings (SSSR count). The van der Waals surface area contributed by atoms with E-state index in [0.717, 1.165) is 0 Å². The van der Waals surface area contributed by atoms with Crippen LogP contribution in [0.4, 0.5) is 4.39 Å². The van der Waals surface area contributed by atoms with Crippen molar-refractivity contribution in [2.45, 2.75) is 19.5 Å². The van der Waals surface area contributed by atoms with E-state index >= 15 is 0 Å². The third-order valence-electron chi connectivity index (χ3n) is 0.909. The molecule has 0 amide bonds. The molecule has 1 heterocycles. The highest BCUT2D eigenvalue weighted by molar-refractivity contribution is 9.10. The quantitative estimate of drug-likeness (QED) is 0.710. The Morgan fingerprint density at radius 2 is 2.10 bits per heavy atom. The van der Waals surface area contributed by atoms with Gasteiger partial charge in [0.1, 0.15) is 0 Å². The molecule has 1 aromatic heterocycles. The fourth-order valence-electron chi connectivity index (χ4n) is 0.446. The fraction of sp³-hybridized carbons (Fsp3) is 0.600. The molecule has 0 bridgehead atoms. The zero-order chi connectivity index (χ0) is 7.78. The monoisotopic (exact) mass is 208 g/mol. The van der Waals surface area contributed by atoms with Gasteiger partial charge >= 0.3 is 0 Å². The van der Waals surface area contributed by atoms with Gasteiger partial charge in [0.15, 0.2) is 5.67 Å². The summed E-state index contributed by atoms with van der Waals surface area (Å²) < 4.78 is 17.7. The first-order chi connectivity index (χ1) is 4.50. The summed E-state index contributed by atoms with van der Waals surface area (Å²) >= 11 is 2.92. The van der Waals surface area contributed by atoms with Crippen LogP contribution in [0.25, 0.3) is 0 Å². The van der Waals surface area contributed by atoms with Gasteiger partial charge < -0.3 is 4.42 Å². The van der Waals surface area contributed by atoms with Crippen molar-refractivity contribution in [3.05, 3.63) is 10.7 Å². The summed E-state index contributed by atoms with van der Waals surface area (Å²) in [5, 5.41) is 6.89. The molecule has 0 aliphatic rings. The first-order valence-corrected chi connectivity index (χ1v) is 3.48. The van der Waals surface area contributed by atoms with Gasteiger partial charge in [-0.25, -0.2) is 4.39 Å². The first-order valence-electron chi connectivity index (χ1n) is 2.68. The Labute approximate surface area is 65.8 Å². The summed E-state index contributed by atoms with van der Waals surface area (Å²) in [4.78, 5) is 0.202. The smallest absolute Gasteiger partial charge is 0.284 e. The molecule has 0 aliphatic heterocycles. The van der Waals surface area contributed by atoms with Crippen LogP contribution in [0.2, 0.25) is 0 Å². The number of alkyl halides is 1. The lowest BCUT2D eigenvalue weighted by Crippen LogP contribution is -2.09. The summed E-state index contributed by atoms with van der Waals surface area (Å²) in [6, 6.07) is 0. The van der Waals surface area contributed by atoms with Crippen LogP contribution in [0.3, 0.4) is 0 Å². The Kier molecular flexibility index (Phi) is 1.76. The molecule has 0 aliphatic carbocycles. The van der Waals surface area contributed by atoms with Gasteiger partial charge in [-0.1, -0.05) is 0 Å². The summed E-state index contributed by atoms with van der Waals surface area (Å²) in [6.45, 7) is 2.71. The lowest BCUT2D eigenvalue weighted by Gasteiger charge is -2.05. The van der Waals surface area contributed by atoms with Gasteiger partial charge in [0.05, 0.1) is 0 Å². The third-order valence-corrected chi connectivity index (χ3v) is 1.23. The minimum atomic E-state index is -1.56. The highest BCUT2D eigenvalue weighted by Gasteiger charge is 2.25. The average molecular weight is 209 g/mol. The molecule has 0 unspecified atom stereocenters. The molecular formula is C5H6BrFN2O. The molecule has 0 saturated carbocycles. The van der Waals surface area contributed by atoms with Gasteiger partial charge in [-0.05, 0) is 13.8 Å². The SMILES string of the molecule is CC(C)(F)c1nnc(Br)o1. The van der Waals surface area contributed by atoms with E-state index < -0.39 is 5.67 Å². The van der Waals surface area contributed by atoms with Gasteiger partial charge in [0.25, 0.3) is 10.7 Å². The second-order valence-corrected chi connectivity index (χ2v) is 3.01. The van der Waals surface area contributed by atoms with Crippen LogP contribution in [-0.2, 0) is 5.67 Å². The van der Waals surface area contributed by atoms with E-state index in [-0.39, 0.29) is 10.7 Å². The van der Waals surface area contributed by atoms with Gasteiger partial charge in [0.2, 0.25) is 0 Å². The zero-order valence-electron chi connectivity index (χ0n) is 5.56. The Balaban J connectivity index is 2.96. The second-order valence-electron chi connectivity index (χ2n) is 2.33. The van der Waals surface area contributed by atoms with E-state index in [1.54, 1.807) is 0 Å². The van der Waals surface area contributed by atoms with E-state index in [1.807, 2.05) is 0 Å². The van der Waals surface area contributed by atoms with Crippen LogP contribution in [-0.4, -0.2) is 10.2 Å². The van der Waals surface area contributed by atoms with Crippen molar-refractivity contribution in [3.8, 4) is 0 Å². The molecule has 3 nitrogen and oxygen atoms in total. The predicted octanol–water partition coefficient (Wildman–Crippen LogP) is 2.04. The normalized spacial score (nSPS) is 12.0. The lowest BCUT2D eigenvalue weighted by atomic mass is 10.2. The molecule has 0 aromatic carbocycles. The molecule has 0 saturated heterocycles. The molecular weight excluding hydrogens is 203 g/mol. The molecule has 0 N–H and O–H groups in total. The van der Waals surface area contributed by atoms with Crippen LogP contribution < -0.4 is 0 Å². The van der Waals surface area contributed by atoms with Crippen LogP contribution in [0.15, 0.2) is 9.22 Å². The molecule has 1 aromatic rings. The maximum Gasteiger partial charge on any atom is 0.284 e. The summed E-state index contributed by atoms with van der Waals surface area (Å²) in [7, 11) is 0. The first kappa shape index (κ1) is 7.65. The Morgan fingerprint density at radius 3 is 2.30 bits per heavy atom. The van der Waals surface area contributed by atoms with E-state index in [9.17, 15) is 4.39 Å². The predicted molar refractivity (Wildman–Crippen MR) is 36.1 cm³/mol. The standard InChI is InChI=1S/C5H6BrFN2O/c1-5(2,7)3-8-9-4(6)10-3/h1-2H3. The number of rotatable bonds is 1. The maximum atomic E-state index is 12.9. The van der Waals surface area contributed by atoms with Crippen molar-refractivity contribution >= 4 is 15.9 Å². The average Bonchev–Trinajstić information content (AvgIpc) is 2.11. The Hall–Kier alpha value is -0.450. The number of aromatic nitrogens is 2. The van der Waals surface area contributed by atoms with E-state index in [0.29, 0.717) is 0 Å². The van der Waals surface area contributed by atoms with Crippen molar-refractivity contribution in [2.24, 2.45) is 0 Å². The van der Waals surface area contributed by atoms with Crippen LogP contribution in [0.5, 0.6) is 0 Å². The minimum absolute atomic E-state index is 0.0145. The number of nitrogens with zero attached hydrogens (tertiary/aromatic N) is 2. The van der Waals surface area contributed by atoms with Gasteiger partial charge in [0, 0.05) is 15.9 Å². The van der Waals surface area contributed by atoms with E-state index in [1.165, 1.54) is 13.8 Å². The van der Waals surface area contributed by atoms with Gasteiger partial charge in [-0.3, -0.25) is 0 Å². The second kappa shape index (κ2) is 2.30. The molecule has 0 fully saturated rings. The lowest BCUT2D eigenvalue weighted by molar-refractivity contribution is 0.168. The topological polar surface area (TPSA) is 38.9 Å². The summed E-state index contributed by atoms with van der Waals surface area (Å²) in [6.07, 6.45) is 0. The van der Waals surface area contributed by atoms with Crippen molar-refractivity contribution in [2.75, 3.05) is 0 Å². The summed E-state index contributed by atoms with van der Waals surface area (Å²) in [5.74, 6) is -0.0145. The number of halogens is 2. The Morgan fingerprint density at radius 1 is 1.50 bits per heavy atom. The number of hydrogen-bond donors (Lipinski definition) is 0. The molecule has 0 spiro atoms. The molecule has 0 atom stereocenters. The van der Waals surface area contributed by atoms with Crippen molar-refractivity contribution in [1.82, 2.24) is 10.2 Å². The van der Waals surface area contributed by atoms with Gasteiger partial charge in [-0.15, -0.1) is 10.2 Å². The highest BCUT2D eigenvalue weighted by atomic mass is 79.9. The Bertz CT molecular complexity index is 230. The highest BCUT2D eigenvalue weighted by Crippen LogP contribution is 2.23. The molecule has 5 heteroatoms. The minimum Gasteiger partial charge on any atom is -0.412 e. The summed E-state index contributed by atoms with van der Waals surface area (Å²) in [5.41, 5.74) is -1.56. The number of hydrogen-bond acceptors (Lipinski definition) is 3. The van der Waals surface area contributed by atoms with Crippen LogP contribution in [0, 0.1) is 0 Å². The van der Waals surface area contributed by atoms with Crippen molar-refractivity contribution < 1.29 is 8.81 Å². The fourth-order valence-corrected chi connectivity index (χ4v) is 0.678. The molecule has 56 valence electrons. The van der Waals surface area contributed by atoms with Crippen LogP contribution >= 0.6 is 15.9 Å². The maximum absolute atomic E-state index is 12.9. The molecule has 10 heavy (non-hydrogen) atoms. The van der Waals surface area contributed by atoms with Crippen molar-refractivity contribution in [1.29, 1.82) is 0 Å². The van der Waals surface area contributed by atoms with Gasteiger partial charge in [-0.2, -0.15) is 0 Å². The van der Waals surface area contributed by atoms with Crippen molar-refractivity contribution in [3.63, 3.8) is 0 Å².